The number of nitriles is 1. The second-order valence-electron chi connectivity index (χ2n) is 21.5. The zero-order valence-electron chi connectivity index (χ0n) is 42.9. The van der Waals surface area contributed by atoms with Crippen molar-refractivity contribution < 1.29 is 51.7 Å². The minimum absolute atomic E-state index is 0.0178. The quantitative estimate of drug-likeness (QED) is 0.0557. The van der Waals surface area contributed by atoms with Gasteiger partial charge in [0.1, 0.15) is 36.4 Å². The van der Waals surface area contributed by atoms with Gasteiger partial charge in [-0.15, -0.1) is 11.3 Å². The highest BCUT2D eigenvalue weighted by atomic mass is 32.1. The largest absolute Gasteiger partial charge is 0.489 e. The molecule has 2 aliphatic heterocycles. The van der Waals surface area contributed by atoms with E-state index in [1.54, 1.807) is 29.5 Å². The predicted octanol–water partition coefficient (Wildman–Crippen LogP) is 6.03. The normalized spacial score (nSPS) is 21.0. The molecule has 0 radical (unpaired) electrons. The molecule has 74 heavy (non-hydrogen) atoms. The number of pyridine rings is 1. The Hall–Kier alpha value is -6.18. The fourth-order valence-corrected chi connectivity index (χ4v) is 11.1. The van der Waals surface area contributed by atoms with Crippen molar-refractivity contribution in [3.8, 4) is 22.3 Å². The van der Waals surface area contributed by atoms with Crippen LogP contribution >= 0.6 is 11.3 Å². The number of β-amino-alcohol motifs (C(OH)–C–C–N with tert-alkyl or cyclic N) is 1. The number of nitrogens with zero attached hydrogens (tertiary/aromatic N) is 4. The molecule has 17 nitrogen and oxygen atoms in total. The Morgan fingerprint density at radius 1 is 0.973 bits per heavy atom. The summed E-state index contributed by atoms with van der Waals surface area (Å²) >= 11 is 1.56. The van der Waals surface area contributed by atoms with Gasteiger partial charge in [-0.1, -0.05) is 72.7 Å². The summed E-state index contributed by atoms with van der Waals surface area (Å²) in [5, 5.41) is 35.4. The van der Waals surface area contributed by atoms with Gasteiger partial charge in [-0.2, -0.15) is 18.4 Å². The van der Waals surface area contributed by atoms with Crippen molar-refractivity contribution in [3.63, 3.8) is 0 Å². The monoisotopic (exact) mass is 1050 g/mol. The van der Waals surface area contributed by atoms with Crippen molar-refractivity contribution in [2.75, 3.05) is 57.9 Å². The maximum Gasteiger partial charge on any atom is 0.417 e. The number of aromatic nitrogens is 2. The molecule has 4 amide bonds. The van der Waals surface area contributed by atoms with Gasteiger partial charge in [-0.05, 0) is 53.8 Å². The third-order valence-corrected chi connectivity index (χ3v) is 15.0. The number of anilines is 1. The summed E-state index contributed by atoms with van der Waals surface area (Å²) in [5.41, 5.74) is 1.35. The molecule has 21 heteroatoms. The predicted molar refractivity (Wildman–Crippen MR) is 271 cm³/mol. The molecule has 0 spiro atoms. The fourth-order valence-electron chi connectivity index (χ4n) is 10.3. The average Bonchev–Trinajstić information content (AvgIpc) is 3.95. The standard InChI is InChI=1S/C53H66F3N9O8S/c1-30-43(74-29-61-30)32-11-9-31(10-12-32)42(35-26-72-27-35)63-46(69)39-21-36(66)25-65(39)47(70)44(50(2,3)4)62-41(67)28-71-20-19-58-17-18-59-40-16-14-34(24-60-40)45(68)64-48-51(5,6)49(52(48,7)8)73-37-15-13-33(23-57)38(22-37)53(54,55)56/h9-16,22,24,29,35-36,39,42,44,48-49,58,66H,17-21,25-28H2,1-8H3,(H,59,60)(H,62,67)(H,63,69)(H,64,68)/t36-,39+,42-,44-,48-,49-/m1/s1. The zero-order chi connectivity index (χ0) is 53.8. The molecule has 3 fully saturated rings. The number of thiazole rings is 1. The number of ether oxygens (including phenoxy) is 3. The zero-order valence-corrected chi connectivity index (χ0v) is 43.7. The Labute approximate surface area is 433 Å². The van der Waals surface area contributed by atoms with Crippen LogP contribution in [-0.4, -0.2) is 127 Å². The third kappa shape index (κ3) is 12.7. The molecule has 4 atom stereocenters. The van der Waals surface area contributed by atoms with Crippen LogP contribution in [0.15, 0.2) is 66.3 Å². The Balaban J connectivity index is 0.820. The fraction of sp³-hybridized carbons (Fsp3) is 0.528. The number of carbonyl (C=O) groups excluding carboxylic acids is 4. The highest BCUT2D eigenvalue weighted by Crippen LogP contribution is 2.56. The SMILES string of the molecule is Cc1ncsc1-c1ccc([C@@H](NC(=O)[C@@H]2C[C@@H](O)CN2C(=O)[C@@H](NC(=O)COCCNCCNc2ccc(C(=O)N[C@H]3C(C)(C)[C@H](Oc4ccc(C#N)c(C(F)(F)F)c4)C3(C)C)cn2)C(C)(C)C)C2COC2)cc1. The van der Waals surface area contributed by atoms with Gasteiger partial charge in [0.2, 0.25) is 17.7 Å². The molecule has 4 heterocycles. The lowest BCUT2D eigenvalue weighted by atomic mass is 9.49. The molecule has 7 rings (SSSR count). The van der Waals surface area contributed by atoms with Gasteiger partial charge in [0.05, 0.1) is 70.8 Å². The lowest BCUT2D eigenvalue weighted by Crippen LogP contribution is -2.74. The van der Waals surface area contributed by atoms with Crippen molar-refractivity contribution in [2.24, 2.45) is 22.2 Å². The van der Waals surface area contributed by atoms with Crippen LogP contribution in [-0.2, 0) is 30.0 Å². The van der Waals surface area contributed by atoms with Crippen LogP contribution < -0.4 is 31.3 Å². The van der Waals surface area contributed by atoms with E-state index in [0.29, 0.717) is 44.2 Å². The first-order chi connectivity index (χ1) is 34.9. The van der Waals surface area contributed by atoms with E-state index in [-0.39, 0.29) is 49.8 Å². The van der Waals surface area contributed by atoms with Gasteiger partial charge < -0.3 is 50.8 Å². The Morgan fingerprint density at radius 2 is 1.69 bits per heavy atom. The van der Waals surface area contributed by atoms with E-state index in [2.05, 4.69) is 36.6 Å². The smallest absolute Gasteiger partial charge is 0.417 e. The number of carbonyl (C=O) groups is 4. The molecule has 2 saturated heterocycles. The molecule has 0 bridgehead atoms. The lowest BCUT2D eigenvalue weighted by molar-refractivity contribution is -0.164. The van der Waals surface area contributed by atoms with Gasteiger partial charge in [0, 0.05) is 61.6 Å². The van der Waals surface area contributed by atoms with Crippen LogP contribution in [0.3, 0.4) is 0 Å². The maximum atomic E-state index is 14.2. The Bertz CT molecular complexity index is 2670. The molecule has 398 valence electrons. The molecule has 6 N–H and O–H groups in total. The number of nitrogens with one attached hydrogen (secondary N) is 5. The molecule has 1 saturated carbocycles. The minimum Gasteiger partial charge on any atom is -0.489 e. The van der Waals surface area contributed by atoms with Crippen molar-refractivity contribution in [1.82, 2.24) is 36.1 Å². The van der Waals surface area contributed by atoms with Crippen molar-refractivity contribution in [1.29, 1.82) is 5.26 Å². The minimum atomic E-state index is -4.72. The highest BCUT2D eigenvalue weighted by molar-refractivity contribution is 7.13. The van der Waals surface area contributed by atoms with Crippen LogP contribution in [0, 0.1) is 40.4 Å². The van der Waals surface area contributed by atoms with E-state index in [1.807, 2.05) is 85.2 Å². The Morgan fingerprint density at radius 3 is 2.28 bits per heavy atom. The van der Waals surface area contributed by atoms with Crippen LogP contribution in [0.5, 0.6) is 5.75 Å². The number of benzene rings is 2. The van der Waals surface area contributed by atoms with Crippen molar-refractivity contribution in [2.45, 2.75) is 104 Å². The van der Waals surface area contributed by atoms with Gasteiger partial charge in [-0.3, -0.25) is 19.2 Å². The first-order valence-corrected chi connectivity index (χ1v) is 25.5. The van der Waals surface area contributed by atoms with Gasteiger partial charge >= 0.3 is 6.18 Å². The Kier molecular flexibility index (Phi) is 17.1. The van der Waals surface area contributed by atoms with Crippen molar-refractivity contribution >= 4 is 40.8 Å². The first kappa shape index (κ1) is 55.6. The molecule has 2 aromatic carbocycles. The molecule has 4 aromatic rings. The number of aliphatic hydroxyl groups is 1. The lowest BCUT2D eigenvalue weighted by Gasteiger charge is -2.63. The first-order valence-electron chi connectivity index (χ1n) is 24.6. The molecular weight excluding hydrogens is 980 g/mol. The molecule has 2 aromatic heterocycles. The third-order valence-electron chi connectivity index (χ3n) is 14.1. The van der Waals surface area contributed by atoms with Crippen LogP contribution in [0.1, 0.15) is 93.7 Å². The summed E-state index contributed by atoms with van der Waals surface area (Å²) < 4.78 is 58.0. The number of rotatable bonds is 20. The number of likely N-dealkylation sites (tertiary alicyclic amines) is 1. The van der Waals surface area contributed by atoms with Gasteiger partial charge in [-0.25, -0.2) is 9.97 Å². The van der Waals surface area contributed by atoms with Gasteiger partial charge in [0.15, 0.2) is 0 Å². The summed E-state index contributed by atoms with van der Waals surface area (Å²) in [6, 6.07) is 13.4. The van der Waals surface area contributed by atoms with E-state index in [0.717, 1.165) is 33.8 Å². The summed E-state index contributed by atoms with van der Waals surface area (Å²) in [6.45, 7) is 17.1. The molecule has 3 aliphatic rings. The van der Waals surface area contributed by atoms with Crippen LogP contribution in [0.25, 0.3) is 10.4 Å². The summed E-state index contributed by atoms with van der Waals surface area (Å²) in [7, 11) is 0. The number of aliphatic hydroxyl groups excluding tert-OH is 1. The second kappa shape index (κ2) is 22.7. The number of hydrogen-bond donors (Lipinski definition) is 6. The van der Waals surface area contributed by atoms with E-state index in [9.17, 15) is 37.5 Å². The summed E-state index contributed by atoms with van der Waals surface area (Å²) in [4.78, 5) is 66.0. The topological polar surface area (TPSA) is 229 Å². The van der Waals surface area contributed by atoms with Crippen LogP contribution in [0.2, 0.25) is 0 Å². The maximum absolute atomic E-state index is 14.2. The summed E-state index contributed by atoms with van der Waals surface area (Å²) in [5.74, 6) is -1.19. The van der Waals surface area contributed by atoms with Crippen LogP contribution in [0.4, 0.5) is 19.0 Å². The van der Waals surface area contributed by atoms with E-state index in [1.165, 1.54) is 17.2 Å². The molecule has 1 aliphatic carbocycles. The second-order valence-corrected chi connectivity index (χ2v) is 22.3. The summed E-state index contributed by atoms with van der Waals surface area (Å²) in [6.07, 6.45) is -4.70. The van der Waals surface area contributed by atoms with Crippen molar-refractivity contribution in [3.05, 3.63) is 94.3 Å². The average molecular weight is 1050 g/mol. The number of halogens is 3. The van der Waals surface area contributed by atoms with E-state index < -0.39 is 81.6 Å². The molecule has 0 unspecified atom stereocenters. The number of amides is 4. The van der Waals surface area contributed by atoms with E-state index in [4.69, 9.17) is 19.5 Å². The number of aryl methyl sites for hydroxylation is 1. The number of alkyl halides is 3. The number of hydrogen-bond acceptors (Lipinski definition) is 14. The molecular formula is C53H66F3N9O8S. The highest BCUT2D eigenvalue weighted by Gasteiger charge is 2.64. The van der Waals surface area contributed by atoms with E-state index >= 15 is 0 Å². The van der Waals surface area contributed by atoms with Gasteiger partial charge in [0.25, 0.3) is 5.91 Å².